The first-order valence-electron chi connectivity index (χ1n) is 9.79. The van der Waals surface area contributed by atoms with Gasteiger partial charge in [-0.25, -0.2) is 8.78 Å². The number of benzene rings is 1. The van der Waals surface area contributed by atoms with Crippen LogP contribution in [-0.2, 0) is 14.4 Å². The number of carbonyl (C=O) groups is 3. The van der Waals surface area contributed by atoms with E-state index in [-0.39, 0.29) is 29.7 Å². The molecule has 28 heavy (non-hydrogen) atoms. The van der Waals surface area contributed by atoms with Crippen LogP contribution < -0.4 is 10.2 Å². The number of aldehydes is 1. The second kappa shape index (κ2) is 8.37. The van der Waals surface area contributed by atoms with E-state index in [0.717, 1.165) is 45.1 Å². The highest BCUT2D eigenvalue weighted by atomic mass is 19.1. The molecule has 0 bridgehead atoms. The highest BCUT2D eigenvalue weighted by Gasteiger charge is 2.45. The summed E-state index contributed by atoms with van der Waals surface area (Å²) in [7, 11) is 0. The van der Waals surface area contributed by atoms with E-state index in [9.17, 15) is 23.2 Å². The standard InChI is InChI=1S/C21H26F2N2O3/c1-14(2-3-19(28)24-13-27)20-17(22)8-16(9-18(20)23)25-6-4-21(5-7-25)10-15(11-21)12-26/h8-9,12-15H,2-7,10-11H2,1H3,(H,24,27,28). The maximum absolute atomic E-state index is 14.7. The Morgan fingerprint density at radius 2 is 1.86 bits per heavy atom. The molecule has 2 amide bonds. The van der Waals surface area contributed by atoms with E-state index in [1.165, 1.54) is 12.1 Å². The number of anilines is 1. The Balaban J connectivity index is 1.63. The highest BCUT2D eigenvalue weighted by molar-refractivity contribution is 5.85. The van der Waals surface area contributed by atoms with Crippen molar-refractivity contribution in [2.24, 2.45) is 11.3 Å². The van der Waals surface area contributed by atoms with Gasteiger partial charge in [0.05, 0.1) is 0 Å². The third-order valence-corrected chi connectivity index (χ3v) is 6.35. The number of hydrogen-bond acceptors (Lipinski definition) is 4. The van der Waals surface area contributed by atoms with E-state index in [4.69, 9.17) is 0 Å². The molecule has 1 atom stereocenters. The second-order valence-corrected chi connectivity index (χ2v) is 8.24. The lowest BCUT2D eigenvalue weighted by Gasteiger charge is -2.51. The SMILES string of the molecule is CC(CCC(=O)NC=O)c1c(F)cc(N2CCC3(CC2)CC(C=O)C3)cc1F. The van der Waals surface area contributed by atoms with Gasteiger partial charge in [0.15, 0.2) is 0 Å². The summed E-state index contributed by atoms with van der Waals surface area (Å²) in [5.41, 5.74) is 0.741. The van der Waals surface area contributed by atoms with Crippen LogP contribution in [0.2, 0.25) is 0 Å². The predicted octanol–water partition coefficient (Wildman–Crippen LogP) is 3.32. The minimum Gasteiger partial charge on any atom is -0.371 e. The Hall–Kier alpha value is -2.31. The first-order valence-corrected chi connectivity index (χ1v) is 9.79. The number of carbonyl (C=O) groups excluding carboxylic acids is 3. The number of piperidine rings is 1. The van der Waals surface area contributed by atoms with E-state index in [0.29, 0.717) is 12.1 Å². The van der Waals surface area contributed by atoms with E-state index in [1.54, 1.807) is 6.92 Å². The van der Waals surface area contributed by atoms with Crippen LogP contribution in [0.4, 0.5) is 14.5 Å². The van der Waals surface area contributed by atoms with Crippen molar-refractivity contribution in [3.8, 4) is 0 Å². The summed E-state index contributed by atoms with van der Waals surface area (Å²) in [4.78, 5) is 34.5. The first kappa shape index (κ1) is 20.4. The van der Waals surface area contributed by atoms with Crippen molar-refractivity contribution in [3.63, 3.8) is 0 Å². The summed E-state index contributed by atoms with van der Waals surface area (Å²) < 4.78 is 29.3. The molecular weight excluding hydrogens is 366 g/mol. The predicted molar refractivity (Wildman–Crippen MR) is 101 cm³/mol. The number of halogens is 2. The number of imide groups is 1. The normalized spacial score (nSPS) is 19.8. The van der Waals surface area contributed by atoms with E-state index >= 15 is 0 Å². The molecule has 2 fully saturated rings. The van der Waals surface area contributed by atoms with Gasteiger partial charge in [0.25, 0.3) is 0 Å². The number of nitrogens with one attached hydrogen (secondary N) is 1. The molecule has 1 aliphatic heterocycles. The molecule has 3 rings (SSSR count). The zero-order chi connectivity index (χ0) is 20.3. The summed E-state index contributed by atoms with van der Waals surface area (Å²) in [6.45, 7) is 3.12. The monoisotopic (exact) mass is 392 g/mol. The minimum atomic E-state index is -0.608. The average molecular weight is 392 g/mol. The molecule has 1 aromatic rings. The molecule has 1 spiro atoms. The van der Waals surface area contributed by atoms with Crippen LogP contribution in [0.3, 0.4) is 0 Å². The molecule has 2 aliphatic rings. The molecular formula is C21H26F2N2O3. The highest BCUT2D eigenvalue weighted by Crippen LogP contribution is 2.52. The number of rotatable bonds is 7. The van der Waals surface area contributed by atoms with Crippen molar-refractivity contribution in [1.82, 2.24) is 5.32 Å². The molecule has 1 saturated heterocycles. The molecule has 1 N–H and O–H groups in total. The number of nitrogens with zero attached hydrogens (tertiary/aromatic N) is 1. The largest absolute Gasteiger partial charge is 0.371 e. The lowest BCUT2D eigenvalue weighted by molar-refractivity contribution is -0.125. The van der Waals surface area contributed by atoms with Crippen molar-refractivity contribution in [1.29, 1.82) is 0 Å². The van der Waals surface area contributed by atoms with Gasteiger partial charge in [-0.3, -0.25) is 14.9 Å². The summed E-state index contributed by atoms with van der Waals surface area (Å²) in [6.07, 6.45) is 5.34. The fourth-order valence-electron chi connectivity index (χ4n) is 4.65. The van der Waals surface area contributed by atoms with Crippen molar-refractivity contribution >= 4 is 24.3 Å². The van der Waals surface area contributed by atoms with Gasteiger partial charge in [-0.1, -0.05) is 6.92 Å². The number of amides is 2. The molecule has 0 radical (unpaired) electrons. The molecule has 7 heteroatoms. The third-order valence-electron chi connectivity index (χ3n) is 6.35. The van der Waals surface area contributed by atoms with E-state index < -0.39 is 23.5 Å². The van der Waals surface area contributed by atoms with Gasteiger partial charge >= 0.3 is 0 Å². The molecule has 5 nitrogen and oxygen atoms in total. The van der Waals surface area contributed by atoms with E-state index in [2.05, 4.69) is 0 Å². The van der Waals surface area contributed by atoms with E-state index in [1.807, 2.05) is 10.2 Å². The van der Waals surface area contributed by atoms with Gasteiger partial charge in [-0.05, 0) is 55.6 Å². The Kier molecular flexibility index (Phi) is 6.10. The fourth-order valence-corrected chi connectivity index (χ4v) is 4.65. The Morgan fingerprint density at radius 1 is 1.25 bits per heavy atom. The van der Waals surface area contributed by atoms with Gasteiger partial charge < -0.3 is 9.69 Å². The molecule has 0 aromatic heterocycles. The Labute approximate surface area is 163 Å². The zero-order valence-corrected chi connectivity index (χ0v) is 16.0. The topological polar surface area (TPSA) is 66.5 Å². The van der Waals surface area contributed by atoms with Crippen LogP contribution in [0.5, 0.6) is 0 Å². The first-order chi connectivity index (χ1) is 13.4. The van der Waals surface area contributed by atoms with Gasteiger partial charge in [0, 0.05) is 36.7 Å². The smallest absolute Gasteiger partial charge is 0.226 e. The molecule has 1 aromatic carbocycles. The molecule has 1 heterocycles. The fraction of sp³-hybridized carbons (Fsp3) is 0.571. The quantitative estimate of drug-likeness (QED) is 0.723. The minimum absolute atomic E-state index is 0.0241. The molecule has 1 unspecified atom stereocenters. The van der Waals surface area contributed by atoms with Crippen LogP contribution in [0.25, 0.3) is 0 Å². The van der Waals surface area contributed by atoms with Crippen molar-refractivity contribution in [2.45, 2.75) is 51.4 Å². The zero-order valence-electron chi connectivity index (χ0n) is 16.0. The Morgan fingerprint density at radius 3 is 2.39 bits per heavy atom. The second-order valence-electron chi connectivity index (χ2n) is 8.24. The number of hydrogen-bond donors (Lipinski definition) is 1. The van der Waals surface area contributed by atoms with Gasteiger partial charge in [0.1, 0.15) is 17.9 Å². The molecule has 1 aliphatic carbocycles. The lowest BCUT2D eigenvalue weighted by Crippen LogP contribution is -2.47. The maximum Gasteiger partial charge on any atom is 0.226 e. The summed E-state index contributed by atoms with van der Waals surface area (Å²) in [5, 5.41) is 2.02. The molecule has 1 saturated carbocycles. The summed E-state index contributed by atoms with van der Waals surface area (Å²) >= 11 is 0. The van der Waals surface area contributed by atoms with Crippen LogP contribution >= 0.6 is 0 Å². The van der Waals surface area contributed by atoms with Crippen LogP contribution in [-0.4, -0.2) is 31.7 Å². The van der Waals surface area contributed by atoms with Crippen molar-refractivity contribution in [2.75, 3.05) is 18.0 Å². The van der Waals surface area contributed by atoms with Crippen LogP contribution in [0.1, 0.15) is 56.9 Å². The van der Waals surface area contributed by atoms with Gasteiger partial charge in [0.2, 0.25) is 12.3 Å². The summed E-state index contributed by atoms with van der Waals surface area (Å²) in [5.74, 6) is -1.98. The van der Waals surface area contributed by atoms with Crippen molar-refractivity contribution in [3.05, 3.63) is 29.3 Å². The lowest BCUT2D eigenvalue weighted by atomic mass is 9.58. The van der Waals surface area contributed by atoms with Crippen LogP contribution in [0, 0.1) is 23.0 Å². The third kappa shape index (κ3) is 4.23. The average Bonchev–Trinajstić information content (AvgIpc) is 2.64. The van der Waals surface area contributed by atoms with Crippen LogP contribution in [0.15, 0.2) is 12.1 Å². The van der Waals surface area contributed by atoms with Gasteiger partial charge in [-0.2, -0.15) is 0 Å². The summed E-state index contributed by atoms with van der Waals surface area (Å²) in [6, 6.07) is 2.74. The maximum atomic E-state index is 14.7. The molecule has 152 valence electrons. The Bertz CT molecular complexity index is 729. The van der Waals surface area contributed by atoms with Gasteiger partial charge in [-0.15, -0.1) is 0 Å². The van der Waals surface area contributed by atoms with Crippen molar-refractivity contribution < 1.29 is 23.2 Å².